The zero-order valence-corrected chi connectivity index (χ0v) is 24.9. The van der Waals surface area contributed by atoms with E-state index < -0.39 is 30.2 Å². The first kappa shape index (κ1) is 30.0. The Morgan fingerprint density at radius 1 is 1.24 bits per heavy atom. The highest BCUT2D eigenvalue weighted by Gasteiger charge is 2.47. The number of anilines is 1. The van der Waals surface area contributed by atoms with Crippen LogP contribution in [-0.2, 0) is 9.53 Å². The fourth-order valence-corrected chi connectivity index (χ4v) is 6.00. The predicted octanol–water partition coefficient (Wildman–Crippen LogP) is 4.62. The van der Waals surface area contributed by atoms with Gasteiger partial charge in [0, 0.05) is 38.0 Å². The molecule has 0 saturated heterocycles. The van der Waals surface area contributed by atoms with Crippen molar-refractivity contribution in [1.29, 1.82) is 5.26 Å². The number of hydrogen-bond donors (Lipinski definition) is 3. The Hall–Kier alpha value is -5.06. The monoisotopic (exact) mass is 617 g/mol. The number of hydrogen-bond acceptors (Lipinski definition) is 10. The van der Waals surface area contributed by atoms with Crippen LogP contribution in [0.3, 0.4) is 0 Å². The summed E-state index contributed by atoms with van der Waals surface area (Å²) in [6.45, 7) is 5.78. The number of ether oxygens (including phenoxy) is 1. The molecular weight excluding hydrogens is 584 g/mol. The molecule has 2 aliphatic rings. The predicted molar refractivity (Wildman–Crippen MR) is 160 cm³/mol. The molecule has 2 atom stereocenters. The molecule has 0 aliphatic heterocycles. The van der Waals surface area contributed by atoms with Gasteiger partial charge in [0.05, 0.1) is 53.1 Å². The van der Waals surface area contributed by atoms with E-state index in [-0.39, 0.29) is 24.2 Å². The van der Waals surface area contributed by atoms with Crippen LogP contribution in [0.5, 0.6) is 0 Å². The molecule has 3 N–H and O–H groups in total. The maximum absolute atomic E-state index is 14.9. The Balaban J connectivity index is 1.26. The summed E-state index contributed by atoms with van der Waals surface area (Å²) in [5.74, 6) is -2.99. The zero-order valence-electron chi connectivity index (χ0n) is 24.9. The van der Waals surface area contributed by atoms with Crippen molar-refractivity contribution >= 4 is 17.1 Å². The molecule has 4 heterocycles. The summed E-state index contributed by atoms with van der Waals surface area (Å²) >= 11 is 0. The molecule has 4 aromatic rings. The van der Waals surface area contributed by atoms with Gasteiger partial charge in [-0.3, -0.25) is 9.78 Å². The number of fused-ring (bicyclic) bond motifs is 1. The first-order valence-corrected chi connectivity index (χ1v) is 14.7. The minimum Gasteiger partial charge on any atom is -0.483 e. The smallest absolute Gasteiger partial charge is 0.268 e. The molecule has 0 aromatic carbocycles. The number of pyridine rings is 1. The van der Waals surface area contributed by atoms with Gasteiger partial charge in [-0.15, -0.1) is 10.2 Å². The molecule has 12 nitrogen and oxygen atoms in total. The van der Waals surface area contributed by atoms with Crippen LogP contribution in [-0.4, -0.2) is 62.4 Å². The van der Waals surface area contributed by atoms with Crippen LogP contribution in [0.2, 0.25) is 0 Å². The fourth-order valence-electron chi connectivity index (χ4n) is 6.00. The molecule has 2 aliphatic carbocycles. The van der Waals surface area contributed by atoms with Crippen LogP contribution in [0.4, 0.5) is 14.5 Å². The third-order valence-corrected chi connectivity index (χ3v) is 8.46. The van der Waals surface area contributed by atoms with E-state index in [1.807, 2.05) is 18.2 Å². The second-order valence-corrected chi connectivity index (χ2v) is 11.7. The third kappa shape index (κ3) is 6.29. The Kier molecular flexibility index (Phi) is 8.09. The summed E-state index contributed by atoms with van der Waals surface area (Å²) in [5.41, 5.74) is 3.81. The van der Waals surface area contributed by atoms with Crippen molar-refractivity contribution in [3.05, 3.63) is 60.6 Å². The van der Waals surface area contributed by atoms with Crippen LogP contribution < -0.4 is 16.0 Å². The Morgan fingerprint density at radius 3 is 2.80 bits per heavy atom. The SMILES string of the molecule is C=C(NCC1CC(Nc2cc(-c3ccc4cc(C#N)cnn34)ncc2-c2nnc(C3CC[C@@H](NC(C)=O)C(F)(F)C3)o2)C1)OC. The zero-order chi connectivity index (χ0) is 31.7. The topological polar surface area (TPSA) is 155 Å². The number of methoxy groups -OCH3 is 1. The van der Waals surface area contributed by atoms with E-state index in [0.29, 0.717) is 40.7 Å². The summed E-state index contributed by atoms with van der Waals surface area (Å²) in [5, 5.41) is 31.2. The van der Waals surface area contributed by atoms with Gasteiger partial charge in [-0.1, -0.05) is 0 Å². The number of aromatic nitrogens is 5. The highest BCUT2D eigenvalue weighted by molar-refractivity contribution is 5.77. The second kappa shape index (κ2) is 12.1. The van der Waals surface area contributed by atoms with Crippen LogP contribution >= 0.6 is 0 Å². The largest absolute Gasteiger partial charge is 0.483 e. The molecule has 1 amide bonds. The molecule has 0 spiro atoms. The van der Waals surface area contributed by atoms with E-state index in [0.717, 1.165) is 30.6 Å². The minimum absolute atomic E-state index is 0.0998. The highest BCUT2D eigenvalue weighted by atomic mass is 19.3. The van der Waals surface area contributed by atoms with E-state index in [9.17, 15) is 18.8 Å². The van der Waals surface area contributed by atoms with Gasteiger partial charge in [0.15, 0.2) is 5.88 Å². The molecule has 0 bridgehead atoms. The maximum atomic E-state index is 14.9. The Labute approximate surface area is 257 Å². The molecule has 234 valence electrons. The van der Waals surface area contributed by atoms with Crippen molar-refractivity contribution in [2.24, 2.45) is 5.92 Å². The molecule has 4 aromatic heterocycles. The van der Waals surface area contributed by atoms with E-state index in [4.69, 9.17) is 9.15 Å². The quantitative estimate of drug-likeness (QED) is 0.215. The number of rotatable bonds is 10. The van der Waals surface area contributed by atoms with Crippen molar-refractivity contribution < 1.29 is 22.7 Å². The average molecular weight is 618 g/mol. The van der Waals surface area contributed by atoms with E-state index in [1.54, 1.807) is 23.9 Å². The standard InChI is InChI=1S/C31H33F2N9O3/c1-17(43)38-28-7-4-21(12-31(28,32)33)29-40-41-30(45-29)24-16-36-26(27-6-5-23-10-20(13-34)15-37-42(23)27)11-25(24)39-22-8-19(9-22)14-35-18(2)44-3/h5-6,10-11,15-16,19,21-22,28,35H,2,4,7-9,12,14H2,1,3H3,(H,36,39)(H,38,43)/t19?,21?,22?,28-/m1/s1. The van der Waals surface area contributed by atoms with Crippen LogP contribution in [0.15, 0.2) is 53.5 Å². The summed E-state index contributed by atoms with van der Waals surface area (Å²) in [6.07, 6.45) is 4.89. The van der Waals surface area contributed by atoms with Gasteiger partial charge in [0.2, 0.25) is 11.8 Å². The van der Waals surface area contributed by atoms with Gasteiger partial charge < -0.3 is 25.1 Å². The molecule has 1 unspecified atom stereocenters. The van der Waals surface area contributed by atoms with Crippen LogP contribution in [0, 0.1) is 17.2 Å². The summed E-state index contributed by atoms with van der Waals surface area (Å²) in [7, 11) is 1.57. The number of amides is 1. The molecular formula is C31H33F2N9O3. The van der Waals surface area contributed by atoms with Crippen LogP contribution in [0.25, 0.3) is 28.4 Å². The molecule has 2 saturated carbocycles. The van der Waals surface area contributed by atoms with Crippen molar-refractivity contribution in [2.75, 3.05) is 19.0 Å². The summed E-state index contributed by atoms with van der Waals surface area (Å²) in [6, 6.07) is 8.41. The number of nitrogens with one attached hydrogen (secondary N) is 3. The van der Waals surface area contributed by atoms with Gasteiger partial charge in [0.1, 0.15) is 6.07 Å². The molecule has 0 radical (unpaired) electrons. The van der Waals surface area contributed by atoms with Crippen molar-refractivity contribution in [1.82, 2.24) is 35.4 Å². The Bertz CT molecular complexity index is 1770. The minimum atomic E-state index is -3.10. The van der Waals surface area contributed by atoms with Gasteiger partial charge in [-0.05, 0) is 62.4 Å². The van der Waals surface area contributed by atoms with E-state index in [1.165, 1.54) is 13.1 Å². The van der Waals surface area contributed by atoms with Gasteiger partial charge in [-0.2, -0.15) is 10.4 Å². The average Bonchev–Trinajstić information content (AvgIpc) is 3.66. The lowest BCUT2D eigenvalue weighted by Crippen LogP contribution is -2.50. The second-order valence-electron chi connectivity index (χ2n) is 11.7. The first-order chi connectivity index (χ1) is 21.6. The highest BCUT2D eigenvalue weighted by Crippen LogP contribution is 2.43. The third-order valence-electron chi connectivity index (χ3n) is 8.46. The van der Waals surface area contributed by atoms with Gasteiger partial charge >= 0.3 is 0 Å². The number of nitriles is 1. The van der Waals surface area contributed by atoms with Gasteiger partial charge in [-0.25, -0.2) is 13.3 Å². The maximum Gasteiger partial charge on any atom is 0.268 e. The molecule has 2 fully saturated rings. The van der Waals surface area contributed by atoms with Crippen LogP contribution in [0.1, 0.15) is 56.4 Å². The molecule has 6 rings (SSSR count). The lowest BCUT2D eigenvalue weighted by Gasteiger charge is -2.37. The van der Waals surface area contributed by atoms with Gasteiger partial charge in [0.25, 0.3) is 11.8 Å². The molecule has 14 heteroatoms. The number of alkyl halides is 2. The van der Waals surface area contributed by atoms with Crippen molar-refractivity contribution in [3.8, 4) is 28.9 Å². The number of nitrogens with zero attached hydrogens (tertiary/aromatic N) is 6. The number of carbonyl (C=O) groups is 1. The van der Waals surface area contributed by atoms with E-state index in [2.05, 4.69) is 48.9 Å². The number of halogens is 2. The normalized spacial score (nSPS) is 22.2. The summed E-state index contributed by atoms with van der Waals surface area (Å²) < 4.78 is 42.6. The first-order valence-electron chi connectivity index (χ1n) is 14.7. The van der Waals surface area contributed by atoms with E-state index >= 15 is 0 Å². The number of carbonyl (C=O) groups excluding carboxylic acids is 1. The summed E-state index contributed by atoms with van der Waals surface area (Å²) in [4.78, 5) is 16.1. The lowest BCUT2D eigenvalue weighted by molar-refractivity contribution is -0.126. The lowest BCUT2D eigenvalue weighted by atomic mass is 9.80. The fraction of sp³-hybridized carbons (Fsp3) is 0.419. The van der Waals surface area contributed by atoms with Crippen molar-refractivity contribution in [3.63, 3.8) is 0 Å². The Morgan fingerprint density at radius 2 is 2.07 bits per heavy atom. The molecule has 45 heavy (non-hydrogen) atoms. The van der Waals surface area contributed by atoms with Crippen molar-refractivity contribution in [2.45, 2.75) is 63.0 Å².